The maximum atomic E-state index is 13.4. The van der Waals surface area contributed by atoms with Crippen LogP contribution in [0.2, 0.25) is 0 Å². The van der Waals surface area contributed by atoms with Crippen molar-refractivity contribution >= 4 is 11.8 Å². The summed E-state index contributed by atoms with van der Waals surface area (Å²) >= 11 is 0. The van der Waals surface area contributed by atoms with E-state index in [1.54, 1.807) is 12.1 Å². The molecule has 1 aromatic heterocycles. The molecular formula is C25H32FN5O2. The lowest BCUT2D eigenvalue weighted by atomic mass is 9.95. The topological polar surface area (TPSA) is 61.7 Å². The van der Waals surface area contributed by atoms with Crippen molar-refractivity contribution in [2.24, 2.45) is 0 Å². The lowest BCUT2D eigenvalue weighted by Gasteiger charge is -2.36. The van der Waals surface area contributed by atoms with Gasteiger partial charge in [-0.1, -0.05) is 0 Å². The lowest BCUT2D eigenvalue weighted by Crippen LogP contribution is -2.52. The highest BCUT2D eigenvalue weighted by atomic mass is 19.1. The van der Waals surface area contributed by atoms with E-state index in [-0.39, 0.29) is 17.6 Å². The fourth-order valence-electron chi connectivity index (χ4n) is 5.26. The number of likely N-dealkylation sites (tertiary alicyclic amines) is 1. The van der Waals surface area contributed by atoms with Gasteiger partial charge in [-0.15, -0.1) is 0 Å². The van der Waals surface area contributed by atoms with Gasteiger partial charge in [-0.2, -0.15) is 5.10 Å². The Labute approximate surface area is 194 Å². The fraction of sp³-hybridized carbons (Fsp3) is 0.560. The van der Waals surface area contributed by atoms with E-state index in [2.05, 4.69) is 4.90 Å². The second kappa shape index (κ2) is 9.63. The summed E-state index contributed by atoms with van der Waals surface area (Å²) in [6, 6.07) is 6.28. The molecule has 33 heavy (non-hydrogen) atoms. The Balaban J connectivity index is 1.26. The van der Waals surface area contributed by atoms with E-state index in [1.807, 2.05) is 14.5 Å². The second-order valence-electron chi connectivity index (χ2n) is 9.38. The molecule has 2 fully saturated rings. The van der Waals surface area contributed by atoms with Gasteiger partial charge in [0.1, 0.15) is 5.82 Å². The zero-order chi connectivity index (χ0) is 22.8. The molecule has 1 aliphatic carbocycles. The number of fused-ring (bicyclic) bond motifs is 1. The molecule has 2 aromatic rings. The van der Waals surface area contributed by atoms with Gasteiger partial charge in [0.15, 0.2) is 5.69 Å². The number of halogens is 1. The molecule has 0 saturated carbocycles. The largest absolute Gasteiger partial charge is 0.342 e. The summed E-state index contributed by atoms with van der Waals surface area (Å²) in [5.74, 6) is -0.106. The molecule has 1 aromatic carbocycles. The highest BCUT2D eigenvalue weighted by molar-refractivity contribution is 5.94. The minimum Gasteiger partial charge on any atom is -0.342 e. The predicted octanol–water partition coefficient (Wildman–Crippen LogP) is 2.66. The Bertz CT molecular complexity index is 1000. The number of nitrogens with zero attached hydrogens (tertiary/aromatic N) is 5. The maximum absolute atomic E-state index is 13.4. The molecule has 3 heterocycles. The Morgan fingerprint density at radius 3 is 2.24 bits per heavy atom. The van der Waals surface area contributed by atoms with Crippen molar-refractivity contribution in [1.82, 2.24) is 24.5 Å². The van der Waals surface area contributed by atoms with Gasteiger partial charge in [0.2, 0.25) is 5.91 Å². The molecule has 0 unspecified atom stereocenters. The molecule has 3 aliphatic rings. The molecule has 0 bridgehead atoms. The number of hydrogen-bond acceptors (Lipinski definition) is 4. The van der Waals surface area contributed by atoms with Crippen LogP contribution < -0.4 is 0 Å². The summed E-state index contributed by atoms with van der Waals surface area (Å²) in [5.41, 5.74) is 3.43. The van der Waals surface area contributed by atoms with E-state index in [0.29, 0.717) is 38.4 Å². The maximum Gasteiger partial charge on any atom is 0.274 e. The minimum absolute atomic E-state index is 0.0315. The number of carbonyl (C=O) groups is 2. The van der Waals surface area contributed by atoms with Crippen molar-refractivity contribution in [3.05, 3.63) is 47.0 Å². The summed E-state index contributed by atoms with van der Waals surface area (Å²) in [4.78, 5) is 32.0. The molecule has 0 atom stereocenters. The number of amides is 2. The molecule has 0 N–H and O–H groups in total. The van der Waals surface area contributed by atoms with Crippen LogP contribution in [0, 0.1) is 5.82 Å². The van der Waals surface area contributed by atoms with Crippen molar-refractivity contribution in [2.45, 2.75) is 44.9 Å². The van der Waals surface area contributed by atoms with Crippen molar-refractivity contribution in [3.63, 3.8) is 0 Å². The first-order chi connectivity index (χ1) is 16.1. The minimum atomic E-state index is -0.285. The van der Waals surface area contributed by atoms with Gasteiger partial charge in [0.25, 0.3) is 5.91 Å². The first-order valence-corrected chi connectivity index (χ1v) is 12.3. The van der Waals surface area contributed by atoms with Crippen LogP contribution in [0.25, 0.3) is 5.69 Å². The van der Waals surface area contributed by atoms with Crippen molar-refractivity contribution < 1.29 is 14.0 Å². The lowest BCUT2D eigenvalue weighted by molar-refractivity contribution is -0.133. The molecular weight excluding hydrogens is 421 g/mol. The number of piperidine rings is 1. The van der Waals surface area contributed by atoms with Crippen molar-refractivity contribution in [1.29, 1.82) is 0 Å². The Kier molecular flexibility index (Phi) is 6.44. The summed E-state index contributed by atoms with van der Waals surface area (Å²) in [6.07, 6.45) is 7.25. The number of hydrogen-bond donors (Lipinski definition) is 0. The standard InChI is InChI=1S/C25H32FN5O2/c26-19-8-10-20(11-9-19)31-22-7-3-2-6-21(22)24(27-31)25(33)30-16-14-28(15-17-30)18-23(32)29-12-4-1-5-13-29/h8-11H,1-7,12-18H2. The average Bonchev–Trinajstić information content (AvgIpc) is 3.25. The zero-order valence-corrected chi connectivity index (χ0v) is 19.1. The van der Waals surface area contributed by atoms with Crippen molar-refractivity contribution in [2.75, 3.05) is 45.8 Å². The van der Waals surface area contributed by atoms with Gasteiger partial charge >= 0.3 is 0 Å². The zero-order valence-electron chi connectivity index (χ0n) is 19.1. The number of benzene rings is 1. The molecule has 0 spiro atoms. The Hall–Kier alpha value is -2.74. The van der Waals surface area contributed by atoms with Crippen LogP contribution in [0.1, 0.15) is 53.8 Å². The summed E-state index contributed by atoms with van der Waals surface area (Å²) in [6.45, 7) is 4.79. The second-order valence-corrected chi connectivity index (χ2v) is 9.38. The normalized spacial score (nSPS) is 19.4. The van der Waals surface area contributed by atoms with Crippen LogP contribution in [0.15, 0.2) is 24.3 Å². The third-order valence-corrected chi connectivity index (χ3v) is 7.18. The summed E-state index contributed by atoms with van der Waals surface area (Å²) in [5, 5.41) is 4.72. The van der Waals surface area contributed by atoms with Gasteiger partial charge in [0.05, 0.1) is 12.2 Å². The molecule has 2 saturated heterocycles. The number of aromatic nitrogens is 2. The molecule has 7 nitrogen and oxygen atoms in total. The van der Waals surface area contributed by atoms with Gasteiger partial charge in [-0.25, -0.2) is 9.07 Å². The molecule has 5 rings (SSSR count). The summed E-state index contributed by atoms with van der Waals surface area (Å²) in [7, 11) is 0. The van der Waals surface area contributed by atoms with E-state index >= 15 is 0 Å². The highest BCUT2D eigenvalue weighted by Crippen LogP contribution is 2.28. The Morgan fingerprint density at radius 1 is 0.818 bits per heavy atom. The molecule has 2 aliphatic heterocycles. The molecule has 8 heteroatoms. The smallest absolute Gasteiger partial charge is 0.274 e. The molecule has 2 amide bonds. The van der Waals surface area contributed by atoms with Gasteiger partial charge < -0.3 is 9.80 Å². The van der Waals surface area contributed by atoms with Crippen LogP contribution in [0.4, 0.5) is 4.39 Å². The van der Waals surface area contributed by atoms with Gasteiger partial charge in [0, 0.05) is 50.5 Å². The number of piperazine rings is 1. The molecule has 0 radical (unpaired) electrons. The first kappa shape index (κ1) is 22.1. The predicted molar refractivity (Wildman–Crippen MR) is 123 cm³/mol. The molecule has 176 valence electrons. The van der Waals surface area contributed by atoms with E-state index in [9.17, 15) is 14.0 Å². The Morgan fingerprint density at radius 2 is 1.52 bits per heavy atom. The van der Waals surface area contributed by atoms with Crippen LogP contribution >= 0.6 is 0 Å². The van der Waals surface area contributed by atoms with Crippen LogP contribution in [-0.2, 0) is 17.6 Å². The van der Waals surface area contributed by atoms with Crippen LogP contribution in [-0.4, -0.2) is 82.1 Å². The average molecular weight is 454 g/mol. The highest BCUT2D eigenvalue weighted by Gasteiger charge is 2.31. The van der Waals surface area contributed by atoms with E-state index < -0.39 is 0 Å². The monoisotopic (exact) mass is 453 g/mol. The first-order valence-electron chi connectivity index (χ1n) is 12.3. The SMILES string of the molecule is O=C(CN1CCN(C(=O)c2nn(-c3ccc(F)cc3)c3c2CCCC3)CC1)N1CCCCC1. The third kappa shape index (κ3) is 4.67. The van der Waals surface area contributed by atoms with Crippen molar-refractivity contribution in [3.8, 4) is 5.69 Å². The third-order valence-electron chi connectivity index (χ3n) is 7.18. The number of carbonyl (C=O) groups excluding carboxylic acids is 2. The van der Waals surface area contributed by atoms with Gasteiger partial charge in [-0.05, 0) is 69.2 Å². The van der Waals surface area contributed by atoms with Gasteiger partial charge in [-0.3, -0.25) is 14.5 Å². The van der Waals surface area contributed by atoms with E-state index in [0.717, 1.165) is 68.6 Å². The van der Waals surface area contributed by atoms with Crippen LogP contribution in [0.3, 0.4) is 0 Å². The fourth-order valence-corrected chi connectivity index (χ4v) is 5.26. The van der Waals surface area contributed by atoms with E-state index in [4.69, 9.17) is 5.10 Å². The number of rotatable bonds is 4. The van der Waals surface area contributed by atoms with E-state index in [1.165, 1.54) is 18.6 Å². The quantitative estimate of drug-likeness (QED) is 0.714. The summed E-state index contributed by atoms with van der Waals surface area (Å²) < 4.78 is 15.2. The van der Waals surface area contributed by atoms with Crippen LogP contribution in [0.5, 0.6) is 0 Å².